The number of hydrogen-bond donors (Lipinski definition) is 1. The van der Waals surface area contributed by atoms with Gasteiger partial charge in [0, 0.05) is 21.4 Å². The Morgan fingerprint density at radius 2 is 2.05 bits per heavy atom. The van der Waals surface area contributed by atoms with E-state index in [4.69, 9.17) is 11.6 Å². The second-order valence-electron chi connectivity index (χ2n) is 4.76. The Balaban J connectivity index is 2.20. The maximum absolute atomic E-state index is 6.11. The number of thioether (sulfide) groups is 1. The van der Waals surface area contributed by atoms with Gasteiger partial charge in [0.25, 0.3) is 0 Å². The van der Waals surface area contributed by atoms with E-state index in [1.165, 1.54) is 10.5 Å². The van der Waals surface area contributed by atoms with Crippen molar-refractivity contribution < 1.29 is 0 Å². The zero-order valence-electron chi connectivity index (χ0n) is 12.2. The Bertz CT molecular complexity index is 597. The first-order valence-corrected chi connectivity index (χ1v) is 8.45. The molecule has 2 rings (SSSR count). The molecule has 2 aromatic carbocycles. The summed E-state index contributed by atoms with van der Waals surface area (Å²) in [5.41, 5.74) is 2.38. The maximum Gasteiger partial charge on any atom is 0.0512 e. The minimum atomic E-state index is 0.259. The van der Waals surface area contributed by atoms with Crippen LogP contribution in [0.2, 0.25) is 5.02 Å². The van der Waals surface area contributed by atoms with E-state index in [1.54, 1.807) is 11.8 Å². The Hall–Kier alpha value is -1.38. The van der Waals surface area contributed by atoms with Crippen molar-refractivity contribution in [3.8, 4) is 0 Å². The molecule has 0 fully saturated rings. The fraction of sp³-hybridized carbons (Fsp3) is 0.222. The Morgan fingerprint density at radius 3 is 2.76 bits per heavy atom. The molecule has 0 aliphatic carbocycles. The molecule has 1 unspecified atom stereocenters. The summed E-state index contributed by atoms with van der Waals surface area (Å²) >= 11 is 7.90. The highest BCUT2D eigenvalue weighted by Gasteiger charge is 2.11. The number of benzene rings is 2. The molecule has 1 atom stereocenters. The van der Waals surface area contributed by atoms with Gasteiger partial charge in [0.05, 0.1) is 6.04 Å². The molecule has 0 spiro atoms. The number of anilines is 1. The predicted molar refractivity (Wildman–Crippen MR) is 95.5 cm³/mol. The summed E-state index contributed by atoms with van der Waals surface area (Å²) in [5, 5.41) is 4.42. The average molecular weight is 318 g/mol. The highest BCUT2D eigenvalue weighted by Crippen LogP contribution is 2.31. The van der Waals surface area contributed by atoms with Crippen LogP contribution in [0.5, 0.6) is 0 Å². The van der Waals surface area contributed by atoms with Gasteiger partial charge in [0.15, 0.2) is 0 Å². The van der Waals surface area contributed by atoms with Gasteiger partial charge in [-0.15, -0.1) is 18.3 Å². The number of rotatable bonds is 7. The lowest BCUT2D eigenvalue weighted by Crippen LogP contribution is -2.10. The van der Waals surface area contributed by atoms with E-state index in [9.17, 15) is 0 Å². The van der Waals surface area contributed by atoms with Gasteiger partial charge in [-0.2, -0.15) is 0 Å². The van der Waals surface area contributed by atoms with Crippen molar-refractivity contribution in [1.82, 2.24) is 0 Å². The van der Waals surface area contributed by atoms with E-state index in [-0.39, 0.29) is 6.04 Å². The highest BCUT2D eigenvalue weighted by atomic mass is 35.5. The van der Waals surface area contributed by atoms with Crippen LogP contribution in [0.15, 0.2) is 66.1 Å². The molecule has 0 saturated heterocycles. The van der Waals surface area contributed by atoms with Crippen LogP contribution in [0, 0.1) is 0 Å². The second-order valence-corrected chi connectivity index (χ2v) is 6.25. The zero-order chi connectivity index (χ0) is 15.1. The summed E-state index contributed by atoms with van der Waals surface area (Å²) in [5.74, 6) is 0.909. The van der Waals surface area contributed by atoms with E-state index in [1.807, 2.05) is 24.3 Å². The molecule has 3 heteroatoms. The molecule has 1 nitrogen and oxygen atoms in total. The standard InChI is InChI=1S/C18H20ClNS/c1-3-12-21-18-11-6-5-10-17(18)20-16(4-2)14-8-7-9-15(19)13-14/h3,5-11,13,16,20H,1,4,12H2,2H3. The third-order valence-electron chi connectivity index (χ3n) is 3.23. The van der Waals surface area contributed by atoms with Crippen LogP contribution in [0.4, 0.5) is 5.69 Å². The molecule has 2 aromatic rings. The van der Waals surface area contributed by atoms with Crippen molar-refractivity contribution in [1.29, 1.82) is 0 Å². The molecular formula is C18H20ClNS. The minimum Gasteiger partial charge on any atom is -0.377 e. The molecule has 0 aliphatic rings. The Kier molecular flexibility index (Phi) is 6.21. The number of nitrogens with one attached hydrogen (secondary N) is 1. The third kappa shape index (κ3) is 4.55. The van der Waals surface area contributed by atoms with E-state index in [0.29, 0.717) is 0 Å². The number of hydrogen-bond acceptors (Lipinski definition) is 2. The van der Waals surface area contributed by atoms with Gasteiger partial charge in [-0.25, -0.2) is 0 Å². The van der Waals surface area contributed by atoms with Crippen LogP contribution < -0.4 is 5.32 Å². The molecular weight excluding hydrogens is 298 g/mol. The van der Waals surface area contributed by atoms with Gasteiger partial charge >= 0.3 is 0 Å². The summed E-state index contributed by atoms with van der Waals surface area (Å²) in [7, 11) is 0. The van der Waals surface area contributed by atoms with Crippen molar-refractivity contribution in [2.45, 2.75) is 24.3 Å². The molecule has 21 heavy (non-hydrogen) atoms. The van der Waals surface area contributed by atoms with Crippen molar-refractivity contribution >= 4 is 29.1 Å². The first-order valence-electron chi connectivity index (χ1n) is 7.09. The van der Waals surface area contributed by atoms with Gasteiger partial charge in [-0.05, 0) is 36.2 Å². The van der Waals surface area contributed by atoms with Gasteiger partial charge < -0.3 is 5.32 Å². The maximum atomic E-state index is 6.11. The molecule has 0 heterocycles. The van der Waals surface area contributed by atoms with Crippen molar-refractivity contribution in [3.63, 3.8) is 0 Å². The molecule has 1 N–H and O–H groups in total. The lowest BCUT2D eigenvalue weighted by molar-refractivity contribution is 0.747. The van der Waals surface area contributed by atoms with Crippen molar-refractivity contribution in [3.05, 3.63) is 71.8 Å². The Labute approximate surface area is 136 Å². The van der Waals surface area contributed by atoms with E-state index >= 15 is 0 Å². The normalized spacial score (nSPS) is 11.9. The van der Waals surface area contributed by atoms with E-state index in [2.05, 4.69) is 49.2 Å². The topological polar surface area (TPSA) is 12.0 Å². The summed E-state index contributed by atoms with van der Waals surface area (Å²) in [6.07, 6.45) is 2.93. The first-order chi connectivity index (χ1) is 10.2. The van der Waals surface area contributed by atoms with Crippen LogP contribution in [-0.4, -0.2) is 5.75 Å². The molecule has 110 valence electrons. The third-order valence-corrected chi connectivity index (χ3v) is 4.54. The van der Waals surface area contributed by atoms with Crippen LogP contribution in [-0.2, 0) is 0 Å². The fourth-order valence-electron chi connectivity index (χ4n) is 2.19. The monoisotopic (exact) mass is 317 g/mol. The molecule has 0 bridgehead atoms. The summed E-state index contributed by atoms with van der Waals surface area (Å²) in [4.78, 5) is 1.25. The van der Waals surface area contributed by atoms with Crippen LogP contribution >= 0.6 is 23.4 Å². The molecule has 0 aromatic heterocycles. The van der Waals surface area contributed by atoms with Crippen LogP contribution in [0.1, 0.15) is 24.9 Å². The van der Waals surface area contributed by atoms with Crippen molar-refractivity contribution in [2.24, 2.45) is 0 Å². The summed E-state index contributed by atoms with van der Waals surface area (Å²) < 4.78 is 0. The SMILES string of the molecule is C=CCSc1ccccc1NC(CC)c1cccc(Cl)c1. The molecule has 0 radical (unpaired) electrons. The summed E-state index contributed by atoms with van der Waals surface area (Å²) in [6.45, 7) is 5.96. The second kappa shape index (κ2) is 8.16. The van der Waals surface area contributed by atoms with Gasteiger partial charge in [-0.1, -0.05) is 48.9 Å². The number of halogens is 1. The quantitative estimate of drug-likeness (QED) is 0.483. The smallest absolute Gasteiger partial charge is 0.0512 e. The zero-order valence-corrected chi connectivity index (χ0v) is 13.8. The fourth-order valence-corrected chi connectivity index (χ4v) is 3.15. The van der Waals surface area contributed by atoms with Gasteiger partial charge in [0.1, 0.15) is 0 Å². The highest BCUT2D eigenvalue weighted by molar-refractivity contribution is 7.99. The van der Waals surface area contributed by atoms with Crippen LogP contribution in [0.3, 0.4) is 0 Å². The lowest BCUT2D eigenvalue weighted by Gasteiger charge is -2.21. The van der Waals surface area contributed by atoms with Gasteiger partial charge in [-0.3, -0.25) is 0 Å². The average Bonchev–Trinajstić information content (AvgIpc) is 2.51. The lowest BCUT2D eigenvalue weighted by atomic mass is 10.0. The Morgan fingerprint density at radius 1 is 1.24 bits per heavy atom. The number of para-hydroxylation sites is 1. The molecule has 0 amide bonds. The summed E-state index contributed by atoms with van der Waals surface area (Å²) in [6, 6.07) is 16.7. The van der Waals surface area contributed by atoms with Crippen LogP contribution in [0.25, 0.3) is 0 Å². The first kappa shape index (κ1) is 16.0. The molecule has 0 saturated carbocycles. The van der Waals surface area contributed by atoms with E-state index in [0.717, 1.165) is 22.9 Å². The minimum absolute atomic E-state index is 0.259. The molecule has 0 aliphatic heterocycles. The van der Waals surface area contributed by atoms with E-state index < -0.39 is 0 Å². The largest absolute Gasteiger partial charge is 0.377 e. The predicted octanol–water partition coefficient (Wildman–Crippen LogP) is 6.18. The van der Waals surface area contributed by atoms with Crippen molar-refractivity contribution in [2.75, 3.05) is 11.1 Å². The van der Waals surface area contributed by atoms with Gasteiger partial charge in [0.2, 0.25) is 0 Å².